The molecule has 36 heavy (non-hydrogen) atoms. The van der Waals surface area contributed by atoms with Crippen molar-refractivity contribution in [2.75, 3.05) is 18.5 Å². The zero-order chi connectivity index (χ0) is 26.4. The number of carbonyl (C=O) groups excluding carboxylic acids is 3. The summed E-state index contributed by atoms with van der Waals surface area (Å²) in [7, 11) is 0. The van der Waals surface area contributed by atoms with E-state index in [9.17, 15) is 19.5 Å². The Hall–Kier alpha value is -1.77. The fourth-order valence-corrected chi connectivity index (χ4v) is 9.23. The molecule has 4 rings (SSSR count). The second kappa shape index (κ2) is 10.2. The molecule has 9 heteroatoms. The summed E-state index contributed by atoms with van der Waals surface area (Å²) in [5.41, 5.74) is 1.36. The van der Waals surface area contributed by atoms with Crippen molar-refractivity contribution < 1.29 is 19.5 Å². The van der Waals surface area contributed by atoms with E-state index in [0.717, 1.165) is 18.4 Å². The highest BCUT2D eigenvalue weighted by molar-refractivity contribution is 8.02. The zero-order valence-electron chi connectivity index (χ0n) is 21.8. The minimum absolute atomic E-state index is 0.112. The number of fused-ring (bicyclic) bond motifs is 1. The van der Waals surface area contributed by atoms with E-state index in [1.54, 1.807) is 22.7 Å². The molecular formula is C27H38ClN3O4S. The minimum Gasteiger partial charge on any atom is -0.394 e. The van der Waals surface area contributed by atoms with Crippen molar-refractivity contribution in [3.05, 3.63) is 28.8 Å². The Balaban J connectivity index is 1.79. The number of anilines is 1. The molecule has 0 aliphatic carbocycles. The van der Waals surface area contributed by atoms with Gasteiger partial charge in [-0.15, -0.1) is 11.8 Å². The van der Waals surface area contributed by atoms with E-state index in [0.29, 0.717) is 30.1 Å². The fraction of sp³-hybridized carbons (Fsp3) is 0.667. The number of halogens is 1. The third-order valence-corrected chi connectivity index (χ3v) is 10.4. The third-order valence-electron chi connectivity index (χ3n) is 8.11. The van der Waals surface area contributed by atoms with Gasteiger partial charge in [-0.1, -0.05) is 44.5 Å². The summed E-state index contributed by atoms with van der Waals surface area (Å²) in [4.78, 5) is 43.3. The molecular weight excluding hydrogens is 498 g/mol. The minimum atomic E-state index is -0.808. The summed E-state index contributed by atoms with van der Waals surface area (Å²) < 4.78 is -1.15. The van der Waals surface area contributed by atoms with Crippen LogP contribution < -0.4 is 10.6 Å². The molecule has 1 aromatic rings. The van der Waals surface area contributed by atoms with Gasteiger partial charge in [0.05, 0.1) is 39.9 Å². The first kappa shape index (κ1) is 27.3. The molecule has 2 bridgehead atoms. The molecule has 0 radical (unpaired) electrons. The number of benzene rings is 1. The van der Waals surface area contributed by atoms with E-state index in [1.165, 1.54) is 0 Å². The third kappa shape index (κ3) is 4.33. The molecule has 198 valence electrons. The van der Waals surface area contributed by atoms with E-state index in [-0.39, 0.29) is 30.2 Å². The number of amides is 3. The lowest BCUT2D eigenvalue weighted by Crippen LogP contribution is -2.55. The summed E-state index contributed by atoms with van der Waals surface area (Å²) in [6.45, 7) is 10.3. The molecule has 2 unspecified atom stereocenters. The predicted molar refractivity (Wildman–Crippen MR) is 144 cm³/mol. The number of hydrogen-bond acceptors (Lipinski definition) is 5. The molecule has 0 aromatic heterocycles. The van der Waals surface area contributed by atoms with Crippen LogP contribution in [0.25, 0.3) is 0 Å². The molecule has 3 aliphatic heterocycles. The van der Waals surface area contributed by atoms with Crippen LogP contribution >= 0.6 is 23.4 Å². The number of hydrogen-bond donors (Lipinski definition) is 3. The predicted octanol–water partition coefficient (Wildman–Crippen LogP) is 4.00. The summed E-state index contributed by atoms with van der Waals surface area (Å²) in [5, 5.41) is 16.8. The number of carbonyl (C=O) groups is 3. The van der Waals surface area contributed by atoms with Gasteiger partial charge in [0.1, 0.15) is 6.04 Å². The van der Waals surface area contributed by atoms with Crippen LogP contribution in [-0.4, -0.2) is 62.5 Å². The van der Waals surface area contributed by atoms with E-state index in [2.05, 4.69) is 17.6 Å². The molecule has 3 heterocycles. The normalized spacial score (nSPS) is 31.6. The molecule has 0 saturated carbocycles. The summed E-state index contributed by atoms with van der Waals surface area (Å²) in [6, 6.07) is 4.11. The Kier molecular flexibility index (Phi) is 7.71. The maximum atomic E-state index is 14.2. The fourth-order valence-electron chi connectivity index (χ4n) is 6.62. The Morgan fingerprint density at radius 1 is 1.28 bits per heavy atom. The molecule has 1 aromatic carbocycles. The number of nitrogens with one attached hydrogen (secondary N) is 2. The smallest absolute Gasteiger partial charge is 0.248 e. The van der Waals surface area contributed by atoms with E-state index in [1.807, 2.05) is 39.8 Å². The number of aliphatic hydroxyl groups is 1. The lowest BCUT2D eigenvalue weighted by Gasteiger charge is -2.37. The second-order valence-electron chi connectivity index (χ2n) is 11.2. The molecule has 1 spiro atoms. The van der Waals surface area contributed by atoms with Gasteiger partial charge >= 0.3 is 0 Å². The van der Waals surface area contributed by atoms with Crippen molar-refractivity contribution in [2.45, 2.75) is 81.9 Å². The monoisotopic (exact) mass is 535 g/mol. The van der Waals surface area contributed by atoms with Crippen LogP contribution in [0, 0.1) is 24.7 Å². The quantitative estimate of drug-likeness (QED) is 0.444. The van der Waals surface area contributed by atoms with Crippen LogP contribution in [0.2, 0.25) is 5.02 Å². The maximum absolute atomic E-state index is 14.2. The van der Waals surface area contributed by atoms with Crippen molar-refractivity contribution in [1.82, 2.24) is 10.2 Å². The number of aliphatic hydroxyl groups excluding tert-OH is 1. The number of rotatable bonds is 9. The summed E-state index contributed by atoms with van der Waals surface area (Å²) >= 11 is 8.07. The molecule has 3 amide bonds. The Morgan fingerprint density at radius 2 is 2.00 bits per heavy atom. The van der Waals surface area contributed by atoms with Crippen molar-refractivity contribution in [1.29, 1.82) is 0 Å². The molecule has 6 atom stereocenters. The van der Waals surface area contributed by atoms with Crippen molar-refractivity contribution in [3.63, 3.8) is 0 Å². The van der Waals surface area contributed by atoms with E-state index < -0.39 is 33.4 Å². The molecule has 3 N–H and O–H groups in total. The van der Waals surface area contributed by atoms with Gasteiger partial charge in [-0.2, -0.15) is 0 Å². The highest BCUT2D eigenvalue weighted by atomic mass is 35.5. The van der Waals surface area contributed by atoms with E-state index in [4.69, 9.17) is 11.6 Å². The van der Waals surface area contributed by atoms with Crippen LogP contribution in [0.3, 0.4) is 0 Å². The van der Waals surface area contributed by atoms with Gasteiger partial charge in [0.2, 0.25) is 17.7 Å². The van der Waals surface area contributed by atoms with Crippen LogP contribution in [0.4, 0.5) is 5.69 Å². The summed E-state index contributed by atoms with van der Waals surface area (Å²) in [5.74, 6) is -1.53. The van der Waals surface area contributed by atoms with Crippen molar-refractivity contribution in [2.24, 2.45) is 17.8 Å². The van der Waals surface area contributed by atoms with Crippen LogP contribution in [0.1, 0.15) is 58.9 Å². The van der Waals surface area contributed by atoms with Gasteiger partial charge in [-0.05, 0) is 57.1 Å². The van der Waals surface area contributed by atoms with Gasteiger partial charge < -0.3 is 20.6 Å². The van der Waals surface area contributed by atoms with Gasteiger partial charge in [0.15, 0.2) is 0 Å². The Bertz CT molecular complexity index is 1030. The number of para-hydroxylation sites is 1. The lowest BCUT2D eigenvalue weighted by atomic mass is 9.66. The van der Waals surface area contributed by atoms with Crippen LogP contribution in [0.15, 0.2) is 18.2 Å². The molecule has 3 fully saturated rings. The first-order valence-corrected chi connectivity index (χ1v) is 14.2. The highest BCUT2D eigenvalue weighted by Gasteiger charge is 2.77. The van der Waals surface area contributed by atoms with Gasteiger partial charge in [-0.25, -0.2) is 0 Å². The van der Waals surface area contributed by atoms with Gasteiger partial charge in [0, 0.05) is 11.3 Å². The van der Waals surface area contributed by atoms with Gasteiger partial charge in [0.25, 0.3) is 0 Å². The average Bonchev–Trinajstić information content (AvgIpc) is 3.39. The average molecular weight is 536 g/mol. The van der Waals surface area contributed by atoms with Crippen molar-refractivity contribution >= 4 is 46.8 Å². The molecule has 3 aliphatic rings. The first-order chi connectivity index (χ1) is 17.0. The second-order valence-corrected chi connectivity index (χ2v) is 13.5. The number of likely N-dealkylation sites (tertiary alicyclic amines) is 1. The Morgan fingerprint density at radius 3 is 2.61 bits per heavy atom. The molecule has 3 saturated heterocycles. The SMILES string of the molecule is CCCNC(=O)[C@@H]1[C@H]2C(=O)N([C@@H](CO)CC(C)C)C(C(=O)Nc3c(C)cccc3Cl)C23CC[C@@]1(C)S3. The lowest BCUT2D eigenvalue weighted by molar-refractivity contribution is -0.143. The standard InChI is InChI=1S/C27H38ClN3O4S/c1-6-12-29-23(33)19-20-25(35)31(17(14-32)13-15(2)3)22(27(20)11-10-26(19,5)36-27)24(34)30-21-16(4)8-7-9-18(21)28/h7-9,15,17,19-20,22,32H,6,10-14H2,1-5H3,(H,29,33)(H,30,34)/t17-,19+,20+,22?,26-,27?/m1/s1. The number of thioether (sulfide) groups is 1. The van der Waals surface area contributed by atoms with Crippen LogP contribution in [-0.2, 0) is 14.4 Å². The highest BCUT2D eigenvalue weighted by Crippen LogP contribution is 2.71. The van der Waals surface area contributed by atoms with Crippen LogP contribution in [0.5, 0.6) is 0 Å². The van der Waals surface area contributed by atoms with Crippen molar-refractivity contribution in [3.8, 4) is 0 Å². The van der Waals surface area contributed by atoms with E-state index >= 15 is 0 Å². The maximum Gasteiger partial charge on any atom is 0.248 e. The van der Waals surface area contributed by atoms with Gasteiger partial charge in [-0.3, -0.25) is 14.4 Å². The number of nitrogens with zero attached hydrogens (tertiary/aromatic N) is 1. The largest absolute Gasteiger partial charge is 0.394 e. The number of aryl methyl sites for hydroxylation is 1. The zero-order valence-corrected chi connectivity index (χ0v) is 23.3. The Labute approximate surface area is 223 Å². The first-order valence-electron chi connectivity index (χ1n) is 13.0. The molecule has 7 nitrogen and oxygen atoms in total. The topological polar surface area (TPSA) is 98.7 Å². The summed E-state index contributed by atoms with van der Waals surface area (Å²) in [6.07, 6.45) is 2.79.